The van der Waals surface area contributed by atoms with Gasteiger partial charge in [0, 0.05) is 21.5 Å². The number of primary sulfonamides is 1. The highest BCUT2D eigenvalue weighted by Gasteiger charge is 2.12. The maximum Gasteiger partial charge on any atom is 0.238 e. The SMILES string of the molecule is Nc1cc(S(N)(=O)=O)ccc1Sc1ccc(F)cc1F. The number of hydrogen-bond acceptors (Lipinski definition) is 4. The Balaban J connectivity index is 2.35. The highest BCUT2D eigenvalue weighted by molar-refractivity contribution is 7.99. The van der Waals surface area contributed by atoms with Crippen molar-refractivity contribution in [3.05, 3.63) is 48.0 Å². The summed E-state index contributed by atoms with van der Waals surface area (Å²) in [4.78, 5) is 0.503. The van der Waals surface area contributed by atoms with Gasteiger partial charge in [0.25, 0.3) is 0 Å². The summed E-state index contributed by atoms with van der Waals surface area (Å²) in [7, 11) is -3.84. The summed E-state index contributed by atoms with van der Waals surface area (Å²) in [5.74, 6) is -1.39. The number of hydrogen-bond donors (Lipinski definition) is 2. The molecule has 0 spiro atoms. The predicted octanol–water partition coefficient (Wildman–Crippen LogP) is 2.35. The van der Waals surface area contributed by atoms with Crippen LogP contribution in [0, 0.1) is 11.6 Å². The lowest BCUT2D eigenvalue weighted by atomic mass is 10.3. The summed E-state index contributed by atoms with van der Waals surface area (Å²) >= 11 is 0.967. The molecular weight excluding hydrogens is 306 g/mol. The summed E-state index contributed by atoms with van der Waals surface area (Å²) < 4.78 is 48.6. The molecule has 0 heterocycles. The van der Waals surface area contributed by atoms with Gasteiger partial charge in [0.15, 0.2) is 0 Å². The summed E-state index contributed by atoms with van der Waals surface area (Å²) in [6.45, 7) is 0. The van der Waals surface area contributed by atoms with E-state index in [9.17, 15) is 17.2 Å². The Morgan fingerprint density at radius 1 is 1.00 bits per heavy atom. The lowest BCUT2D eigenvalue weighted by Gasteiger charge is -2.08. The van der Waals surface area contributed by atoms with Crippen LogP contribution in [-0.2, 0) is 10.0 Å². The van der Waals surface area contributed by atoms with Crippen molar-refractivity contribution < 1.29 is 17.2 Å². The van der Waals surface area contributed by atoms with E-state index >= 15 is 0 Å². The Kier molecular flexibility index (Phi) is 3.98. The van der Waals surface area contributed by atoms with Crippen molar-refractivity contribution in [3.8, 4) is 0 Å². The molecule has 0 saturated heterocycles. The van der Waals surface area contributed by atoms with Gasteiger partial charge in [-0.3, -0.25) is 0 Å². The van der Waals surface area contributed by atoms with Crippen molar-refractivity contribution in [2.24, 2.45) is 5.14 Å². The third-order valence-electron chi connectivity index (χ3n) is 2.42. The Labute approximate surface area is 118 Å². The standard InChI is InChI=1S/C12H10F2N2O2S2/c13-7-1-3-11(9(14)5-7)19-12-4-2-8(6-10(12)15)20(16,17)18/h1-6H,15H2,(H2,16,17,18). The van der Waals surface area contributed by atoms with Crippen LogP contribution in [0.25, 0.3) is 0 Å². The minimum Gasteiger partial charge on any atom is -0.398 e. The van der Waals surface area contributed by atoms with Crippen molar-refractivity contribution in [1.82, 2.24) is 0 Å². The van der Waals surface area contributed by atoms with Gasteiger partial charge in [-0.2, -0.15) is 0 Å². The van der Waals surface area contributed by atoms with Crippen LogP contribution in [-0.4, -0.2) is 8.42 Å². The minimum absolute atomic E-state index is 0.126. The molecule has 4 N–H and O–H groups in total. The van der Waals surface area contributed by atoms with Crippen LogP contribution in [0.5, 0.6) is 0 Å². The van der Waals surface area contributed by atoms with Gasteiger partial charge in [-0.15, -0.1) is 0 Å². The van der Waals surface area contributed by atoms with Crippen molar-refractivity contribution in [1.29, 1.82) is 0 Å². The topological polar surface area (TPSA) is 86.2 Å². The molecular formula is C12H10F2N2O2S2. The van der Waals surface area contributed by atoms with Gasteiger partial charge in [0.2, 0.25) is 10.0 Å². The van der Waals surface area contributed by atoms with Crippen molar-refractivity contribution in [2.75, 3.05) is 5.73 Å². The van der Waals surface area contributed by atoms with Crippen molar-refractivity contribution in [2.45, 2.75) is 14.7 Å². The fourth-order valence-electron chi connectivity index (χ4n) is 1.47. The normalized spacial score (nSPS) is 11.6. The smallest absolute Gasteiger partial charge is 0.238 e. The maximum absolute atomic E-state index is 13.5. The maximum atomic E-state index is 13.5. The molecule has 0 aromatic heterocycles. The molecule has 0 aliphatic rings. The monoisotopic (exact) mass is 316 g/mol. The molecule has 0 radical (unpaired) electrons. The van der Waals surface area contributed by atoms with E-state index in [4.69, 9.17) is 10.9 Å². The second kappa shape index (κ2) is 5.39. The largest absolute Gasteiger partial charge is 0.398 e. The van der Waals surface area contributed by atoms with Gasteiger partial charge in [-0.25, -0.2) is 22.3 Å². The molecule has 0 amide bonds. The van der Waals surface area contributed by atoms with Crippen LogP contribution in [0.3, 0.4) is 0 Å². The fourth-order valence-corrected chi connectivity index (χ4v) is 2.86. The first-order valence-electron chi connectivity index (χ1n) is 5.32. The van der Waals surface area contributed by atoms with Gasteiger partial charge in [0.1, 0.15) is 11.6 Å². The zero-order valence-corrected chi connectivity index (χ0v) is 11.6. The van der Waals surface area contributed by atoms with Crippen LogP contribution >= 0.6 is 11.8 Å². The number of sulfonamides is 1. The predicted molar refractivity (Wildman–Crippen MR) is 72.7 cm³/mol. The van der Waals surface area contributed by atoms with E-state index in [2.05, 4.69) is 0 Å². The Hall–Kier alpha value is -1.64. The number of rotatable bonds is 3. The number of benzene rings is 2. The van der Waals surface area contributed by atoms with E-state index in [0.717, 1.165) is 23.9 Å². The molecule has 0 atom stereocenters. The van der Waals surface area contributed by atoms with Crippen molar-refractivity contribution in [3.63, 3.8) is 0 Å². The molecule has 0 aliphatic carbocycles. The number of nitrogens with two attached hydrogens (primary N) is 2. The van der Waals surface area contributed by atoms with Gasteiger partial charge in [-0.1, -0.05) is 11.8 Å². The van der Waals surface area contributed by atoms with Crippen LogP contribution < -0.4 is 10.9 Å². The van der Waals surface area contributed by atoms with Gasteiger partial charge < -0.3 is 5.73 Å². The van der Waals surface area contributed by atoms with E-state index in [0.29, 0.717) is 4.90 Å². The van der Waals surface area contributed by atoms with Crippen LogP contribution in [0.1, 0.15) is 0 Å². The molecule has 0 fully saturated rings. The molecule has 8 heteroatoms. The molecule has 0 aliphatic heterocycles. The molecule has 2 aromatic carbocycles. The summed E-state index contributed by atoms with van der Waals surface area (Å²) in [6.07, 6.45) is 0. The molecule has 106 valence electrons. The molecule has 4 nitrogen and oxygen atoms in total. The highest BCUT2D eigenvalue weighted by Crippen LogP contribution is 2.34. The van der Waals surface area contributed by atoms with Gasteiger partial charge in [0.05, 0.1) is 4.90 Å². The van der Waals surface area contributed by atoms with Crippen LogP contribution in [0.2, 0.25) is 0 Å². The van der Waals surface area contributed by atoms with E-state index in [1.54, 1.807) is 0 Å². The first-order chi connectivity index (χ1) is 9.27. The van der Waals surface area contributed by atoms with E-state index < -0.39 is 21.7 Å². The quantitative estimate of drug-likeness (QED) is 0.851. The Bertz CT molecular complexity index is 764. The lowest BCUT2D eigenvalue weighted by molar-refractivity contribution is 0.565. The number of nitrogen functional groups attached to an aromatic ring is 1. The fraction of sp³-hybridized carbons (Fsp3) is 0. The Morgan fingerprint density at radius 2 is 1.65 bits per heavy atom. The van der Waals surface area contributed by atoms with E-state index in [-0.39, 0.29) is 15.5 Å². The third kappa shape index (κ3) is 3.27. The molecule has 0 saturated carbocycles. The molecule has 0 bridgehead atoms. The van der Waals surface area contributed by atoms with Crippen molar-refractivity contribution >= 4 is 27.5 Å². The second-order valence-electron chi connectivity index (χ2n) is 3.92. The Morgan fingerprint density at radius 3 is 2.20 bits per heavy atom. The zero-order valence-electron chi connectivity index (χ0n) is 10.0. The molecule has 2 aromatic rings. The van der Waals surface area contributed by atoms with Gasteiger partial charge >= 0.3 is 0 Å². The summed E-state index contributed by atoms with van der Waals surface area (Å²) in [5, 5.41) is 4.98. The highest BCUT2D eigenvalue weighted by atomic mass is 32.2. The minimum atomic E-state index is -3.84. The van der Waals surface area contributed by atoms with Crippen LogP contribution in [0.4, 0.5) is 14.5 Å². The average Bonchev–Trinajstić information content (AvgIpc) is 2.33. The molecule has 0 unspecified atom stereocenters. The summed E-state index contributed by atoms with van der Waals surface area (Å²) in [6, 6.07) is 7.05. The zero-order chi connectivity index (χ0) is 14.9. The third-order valence-corrected chi connectivity index (χ3v) is 4.48. The molecule has 20 heavy (non-hydrogen) atoms. The number of anilines is 1. The first-order valence-corrected chi connectivity index (χ1v) is 7.69. The lowest BCUT2D eigenvalue weighted by Crippen LogP contribution is -2.12. The van der Waals surface area contributed by atoms with E-state index in [1.807, 2.05) is 0 Å². The van der Waals surface area contributed by atoms with Crippen LogP contribution in [0.15, 0.2) is 51.1 Å². The van der Waals surface area contributed by atoms with E-state index in [1.165, 1.54) is 24.3 Å². The average molecular weight is 316 g/mol. The second-order valence-corrected chi connectivity index (χ2v) is 6.57. The first kappa shape index (κ1) is 14.8. The summed E-state index contributed by atoms with van der Waals surface area (Å²) in [5.41, 5.74) is 5.85. The molecule has 2 rings (SSSR count). The number of halogens is 2. The van der Waals surface area contributed by atoms with Gasteiger partial charge in [-0.05, 0) is 30.3 Å².